The molecule has 3 saturated heterocycles. The van der Waals surface area contributed by atoms with Crippen molar-refractivity contribution in [2.24, 2.45) is 0 Å². The minimum Gasteiger partial charge on any atom is -0.376 e. The van der Waals surface area contributed by atoms with Crippen LogP contribution in [0.1, 0.15) is 38.5 Å². The van der Waals surface area contributed by atoms with Crippen LogP contribution < -0.4 is 5.32 Å². The van der Waals surface area contributed by atoms with E-state index < -0.39 is 0 Å². The summed E-state index contributed by atoms with van der Waals surface area (Å²) in [6.07, 6.45) is 5.91. The molecule has 3 rings (SSSR count). The van der Waals surface area contributed by atoms with Gasteiger partial charge in [0.1, 0.15) is 0 Å². The second-order valence-corrected chi connectivity index (χ2v) is 6.25. The zero-order chi connectivity index (χ0) is 14.7. The van der Waals surface area contributed by atoms with Crippen molar-refractivity contribution in [3.8, 4) is 0 Å². The third-order valence-electron chi connectivity index (χ3n) is 4.74. The molecular formula is C15H25N3O3. The lowest BCUT2D eigenvalue weighted by Gasteiger charge is -2.37. The summed E-state index contributed by atoms with van der Waals surface area (Å²) in [5, 5.41) is 2.98. The van der Waals surface area contributed by atoms with E-state index in [4.69, 9.17) is 4.74 Å². The van der Waals surface area contributed by atoms with Gasteiger partial charge in [-0.3, -0.25) is 4.79 Å². The van der Waals surface area contributed by atoms with Crippen LogP contribution in [0.2, 0.25) is 0 Å². The Morgan fingerprint density at radius 2 is 2.14 bits per heavy atom. The summed E-state index contributed by atoms with van der Waals surface area (Å²) < 4.78 is 5.52. The van der Waals surface area contributed by atoms with Gasteiger partial charge in [-0.05, 0) is 32.1 Å². The monoisotopic (exact) mass is 295 g/mol. The van der Waals surface area contributed by atoms with E-state index >= 15 is 0 Å². The van der Waals surface area contributed by atoms with Crippen molar-refractivity contribution in [3.63, 3.8) is 0 Å². The maximum absolute atomic E-state index is 12.3. The molecule has 21 heavy (non-hydrogen) atoms. The fraction of sp³-hybridized carbons (Fsp3) is 0.867. The van der Waals surface area contributed by atoms with Gasteiger partial charge in [-0.25, -0.2) is 4.79 Å². The molecule has 0 aromatic heterocycles. The molecule has 0 unspecified atom stereocenters. The van der Waals surface area contributed by atoms with Gasteiger partial charge in [-0.1, -0.05) is 0 Å². The van der Waals surface area contributed by atoms with Gasteiger partial charge in [-0.15, -0.1) is 0 Å². The van der Waals surface area contributed by atoms with Crippen LogP contribution in [-0.4, -0.2) is 66.7 Å². The second kappa shape index (κ2) is 6.64. The lowest BCUT2D eigenvalue weighted by Crippen LogP contribution is -2.53. The number of hydrogen-bond acceptors (Lipinski definition) is 3. The van der Waals surface area contributed by atoms with E-state index in [0.29, 0.717) is 19.5 Å². The van der Waals surface area contributed by atoms with E-state index in [1.54, 1.807) is 0 Å². The highest BCUT2D eigenvalue weighted by Crippen LogP contribution is 2.21. The maximum Gasteiger partial charge on any atom is 0.317 e. The number of nitrogens with one attached hydrogen (secondary N) is 1. The smallest absolute Gasteiger partial charge is 0.317 e. The van der Waals surface area contributed by atoms with Crippen LogP contribution in [0, 0.1) is 0 Å². The number of amides is 3. The topological polar surface area (TPSA) is 61.9 Å². The Hall–Kier alpha value is -1.30. The number of piperidine rings is 1. The molecule has 6 nitrogen and oxygen atoms in total. The van der Waals surface area contributed by atoms with Crippen LogP contribution in [-0.2, 0) is 9.53 Å². The van der Waals surface area contributed by atoms with Crippen molar-refractivity contribution in [2.45, 2.75) is 50.7 Å². The highest BCUT2D eigenvalue weighted by molar-refractivity contribution is 5.79. The Morgan fingerprint density at radius 1 is 1.24 bits per heavy atom. The molecule has 3 aliphatic heterocycles. The van der Waals surface area contributed by atoms with Gasteiger partial charge in [0.2, 0.25) is 5.91 Å². The first-order chi connectivity index (χ1) is 10.2. The summed E-state index contributed by atoms with van der Waals surface area (Å²) in [5.74, 6) is 0.251. The SMILES string of the molecule is O=C(NC[C@@H]1CCCO1)N1CCC[C@@H](N2CCCC2=O)C1. The van der Waals surface area contributed by atoms with Gasteiger partial charge in [0.05, 0.1) is 6.10 Å². The molecule has 0 aliphatic carbocycles. The minimum absolute atomic E-state index is 0.0122. The Morgan fingerprint density at radius 3 is 2.86 bits per heavy atom. The van der Waals surface area contributed by atoms with Crippen molar-refractivity contribution in [1.82, 2.24) is 15.1 Å². The van der Waals surface area contributed by atoms with E-state index in [-0.39, 0.29) is 24.1 Å². The van der Waals surface area contributed by atoms with Crippen molar-refractivity contribution >= 4 is 11.9 Å². The van der Waals surface area contributed by atoms with Gasteiger partial charge in [-0.2, -0.15) is 0 Å². The molecule has 0 radical (unpaired) electrons. The zero-order valence-corrected chi connectivity index (χ0v) is 12.6. The third-order valence-corrected chi connectivity index (χ3v) is 4.74. The summed E-state index contributed by atoms with van der Waals surface area (Å²) in [4.78, 5) is 27.9. The average Bonchev–Trinajstić information content (AvgIpc) is 3.16. The summed E-state index contributed by atoms with van der Waals surface area (Å²) in [6.45, 7) is 3.72. The molecule has 6 heteroatoms. The van der Waals surface area contributed by atoms with Crippen LogP contribution in [0.3, 0.4) is 0 Å². The lowest BCUT2D eigenvalue weighted by atomic mass is 10.0. The predicted molar refractivity (Wildman–Crippen MR) is 77.9 cm³/mol. The lowest BCUT2D eigenvalue weighted by molar-refractivity contribution is -0.130. The van der Waals surface area contributed by atoms with Gasteiger partial charge >= 0.3 is 6.03 Å². The first kappa shape index (κ1) is 14.6. The van der Waals surface area contributed by atoms with Gasteiger partial charge in [0.15, 0.2) is 0 Å². The fourth-order valence-electron chi connectivity index (χ4n) is 3.57. The normalized spacial score (nSPS) is 30.0. The number of nitrogens with zero attached hydrogens (tertiary/aromatic N) is 2. The van der Waals surface area contributed by atoms with E-state index in [0.717, 1.165) is 51.8 Å². The predicted octanol–water partition coefficient (Wildman–Crippen LogP) is 0.962. The number of rotatable bonds is 3. The molecule has 1 N–H and O–H groups in total. The Labute approximate surface area is 125 Å². The van der Waals surface area contributed by atoms with Gasteiger partial charge < -0.3 is 19.9 Å². The molecule has 0 saturated carbocycles. The molecule has 3 fully saturated rings. The Balaban J connectivity index is 1.48. The molecule has 0 bridgehead atoms. The summed E-state index contributed by atoms with van der Waals surface area (Å²) in [6, 6.07) is 0.198. The maximum atomic E-state index is 12.3. The highest BCUT2D eigenvalue weighted by atomic mass is 16.5. The van der Waals surface area contributed by atoms with Crippen molar-refractivity contribution < 1.29 is 14.3 Å². The van der Waals surface area contributed by atoms with Crippen LogP contribution in [0.25, 0.3) is 0 Å². The highest BCUT2D eigenvalue weighted by Gasteiger charge is 2.32. The molecule has 0 aromatic rings. The molecule has 2 atom stereocenters. The van der Waals surface area contributed by atoms with Crippen LogP contribution in [0.15, 0.2) is 0 Å². The van der Waals surface area contributed by atoms with Crippen LogP contribution in [0.5, 0.6) is 0 Å². The van der Waals surface area contributed by atoms with Gasteiger partial charge in [0, 0.05) is 45.2 Å². The fourth-order valence-corrected chi connectivity index (χ4v) is 3.57. The summed E-state index contributed by atoms with van der Waals surface area (Å²) >= 11 is 0. The molecule has 0 aromatic carbocycles. The number of hydrogen-bond donors (Lipinski definition) is 1. The van der Waals surface area contributed by atoms with Crippen molar-refractivity contribution in [2.75, 3.05) is 32.8 Å². The van der Waals surface area contributed by atoms with E-state index in [1.165, 1.54) is 0 Å². The number of carbonyl (C=O) groups excluding carboxylic acids is 2. The van der Waals surface area contributed by atoms with Crippen molar-refractivity contribution in [1.29, 1.82) is 0 Å². The molecule has 3 amide bonds. The largest absolute Gasteiger partial charge is 0.376 e. The van der Waals surface area contributed by atoms with Gasteiger partial charge in [0.25, 0.3) is 0 Å². The standard InChI is InChI=1S/C15H25N3O3/c19-14-6-2-8-18(14)12-4-1-7-17(11-12)15(20)16-10-13-5-3-9-21-13/h12-13H,1-11H2,(H,16,20)/t12-,13+/m1/s1. The Bertz CT molecular complexity index is 396. The number of likely N-dealkylation sites (tertiary alicyclic amines) is 2. The molecule has 3 heterocycles. The summed E-state index contributed by atoms with van der Waals surface area (Å²) in [5.41, 5.74) is 0. The van der Waals surface area contributed by atoms with E-state index in [1.807, 2.05) is 9.80 Å². The number of carbonyl (C=O) groups is 2. The minimum atomic E-state index is -0.0122. The van der Waals surface area contributed by atoms with E-state index in [9.17, 15) is 9.59 Å². The quantitative estimate of drug-likeness (QED) is 0.843. The third kappa shape index (κ3) is 3.48. The average molecular weight is 295 g/mol. The number of ether oxygens (including phenoxy) is 1. The van der Waals surface area contributed by atoms with E-state index in [2.05, 4.69) is 5.32 Å². The van der Waals surface area contributed by atoms with Crippen LogP contribution >= 0.6 is 0 Å². The molecular weight excluding hydrogens is 270 g/mol. The zero-order valence-electron chi connectivity index (χ0n) is 12.6. The Kier molecular flexibility index (Phi) is 4.63. The number of urea groups is 1. The summed E-state index contributed by atoms with van der Waals surface area (Å²) in [7, 11) is 0. The second-order valence-electron chi connectivity index (χ2n) is 6.25. The molecule has 118 valence electrons. The molecule has 3 aliphatic rings. The van der Waals surface area contributed by atoms with Crippen molar-refractivity contribution in [3.05, 3.63) is 0 Å². The molecule has 0 spiro atoms. The first-order valence-electron chi connectivity index (χ1n) is 8.18. The first-order valence-corrected chi connectivity index (χ1v) is 8.18. The van der Waals surface area contributed by atoms with Crippen LogP contribution in [0.4, 0.5) is 4.79 Å².